The van der Waals surface area contributed by atoms with E-state index in [9.17, 15) is 9.59 Å². The van der Waals surface area contributed by atoms with Crippen LogP contribution in [-0.2, 0) is 14.3 Å². The average Bonchev–Trinajstić information content (AvgIpc) is 3.01. The first kappa shape index (κ1) is 19.5. The molecular formula is C17H18ClN3O5. The van der Waals surface area contributed by atoms with E-state index in [1.165, 1.54) is 17.2 Å². The quantitative estimate of drug-likeness (QED) is 0.430. The Morgan fingerprint density at radius 2 is 2.08 bits per heavy atom. The Morgan fingerprint density at radius 1 is 1.31 bits per heavy atom. The molecule has 0 fully saturated rings. The highest BCUT2D eigenvalue weighted by Crippen LogP contribution is 2.27. The van der Waals surface area contributed by atoms with Gasteiger partial charge in [-0.1, -0.05) is 11.6 Å². The molecule has 0 saturated carbocycles. The molecule has 0 aliphatic rings. The summed E-state index contributed by atoms with van der Waals surface area (Å²) in [5, 5.41) is 4.70. The Labute approximate surface area is 155 Å². The Kier molecular flexibility index (Phi) is 6.74. The molecule has 0 aliphatic heterocycles. The van der Waals surface area contributed by atoms with Gasteiger partial charge < -0.3 is 14.2 Å². The number of nitrogens with zero attached hydrogens (tertiary/aromatic N) is 3. The minimum Gasteiger partial charge on any atom is -0.491 e. The van der Waals surface area contributed by atoms with Crippen LogP contribution in [0.25, 0.3) is 17.6 Å². The van der Waals surface area contributed by atoms with Crippen LogP contribution in [0.15, 0.2) is 30.6 Å². The zero-order valence-electron chi connectivity index (χ0n) is 14.5. The predicted molar refractivity (Wildman–Crippen MR) is 94.7 cm³/mol. The molecule has 0 unspecified atom stereocenters. The van der Waals surface area contributed by atoms with Crippen LogP contribution >= 0.6 is 11.6 Å². The van der Waals surface area contributed by atoms with Gasteiger partial charge in [0.15, 0.2) is 5.82 Å². The van der Waals surface area contributed by atoms with Gasteiger partial charge in [-0.3, -0.25) is 0 Å². The van der Waals surface area contributed by atoms with Crippen LogP contribution in [0.2, 0.25) is 5.02 Å². The van der Waals surface area contributed by atoms with Crippen LogP contribution in [-0.4, -0.2) is 39.6 Å². The summed E-state index contributed by atoms with van der Waals surface area (Å²) in [6, 6.07) is 5.17. The first-order valence-corrected chi connectivity index (χ1v) is 8.20. The molecule has 9 heteroatoms. The molecule has 0 amide bonds. The highest BCUT2D eigenvalue weighted by molar-refractivity contribution is 6.31. The third-order valence-electron chi connectivity index (χ3n) is 2.82. The Hall–Kier alpha value is -2.87. The number of carbonyl (C=O) groups excluding carboxylic acids is 2. The summed E-state index contributed by atoms with van der Waals surface area (Å²) in [7, 11) is 0. The predicted octanol–water partition coefficient (Wildman–Crippen LogP) is 3.56. The number of carbonyl (C=O) groups is 2. The highest BCUT2D eigenvalue weighted by Gasteiger charge is 2.10. The molecule has 26 heavy (non-hydrogen) atoms. The monoisotopic (exact) mass is 379 g/mol. The van der Waals surface area contributed by atoms with Gasteiger partial charge in [-0.05, 0) is 39.0 Å². The molecule has 0 spiro atoms. The first-order valence-electron chi connectivity index (χ1n) is 7.83. The third-order valence-corrected chi connectivity index (χ3v) is 3.04. The van der Waals surface area contributed by atoms with Crippen molar-refractivity contribution in [2.75, 3.05) is 6.61 Å². The maximum Gasteiger partial charge on any atom is 0.516 e. The van der Waals surface area contributed by atoms with Gasteiger partial charge in [0.1, 0.15) is 12.1 Å². The van der Waals surface area contributed by atoms with Crippen LogP contribution in [0.4, 0.5) is 4.79 Å². The van der Waals surface area contributed by atoms with Crippen LogP contribution < -0.4 is 4.74 Å². The molecule has 1 aromatic heterocycles. The summed E-state index contributed by atoms with van der Waals surface area (Å²) in [5.74, 6) is 0.118. The first-order chi connectivity index (χ1) is 12.4. The van der Waals surface area contributed by atoms with Crippen molar-refractivity contribution in [1.29, 1.82) is 0 Å². The normalized spacial score (nSPS) is 11.0. The number of rotatable bonds is 6. The van der Waals surface area contributed by atoms with Crippen LogP contribution in [0.3, 0.4) is 0 Å². The maximum absolute atomic E-state index is 11.5. The summed E-state index contributed by atoms with van der Waals surface area (Å²) in [4.78, 5) is 26.7. The van der Waals surface area contributed by atoms with Gasteiger partial charge in [-0.15, -0.1) is 5.10 Å². The van der Waals surface area contributed by atoms with Crippen LogP contribution in [0, 0.1) is 0 Å². The van der Waals surface area contributed by atoms with Gasteiger partial charge in [0, 0.05) is 22.9 Å². The molecule has 138 valence electrons. The van der Waals surface area contributed by atoms with E-state index in [4.69, 9.17) is 16.3 Å². The molecule has 0 saturated heterocycles. The van der Waals surface area contributed by atoms with Crippen molar-refractivity contribution in [3.05, 3.63) is 35.6 Å². The number of aromatic nitrogens is 3. The van der Waals surface area contributed by atoms with Gasteiger partial charge in [-0.2, -0.15) is 0 Å². The van der Waals surface area contributed by atoms with Crippen LogP contribution in [0.1, 0.15) is 20.8 Å². The summed E-state index contributed by atoms with van der Waals surface area (Å²) in [6.45, 7) is 5.54. The fraction of sp³-hybridized carbons (Fsp3) is 0.294. The van der Waals surface area contributed by atoms with E-state index in [0.717, 1.165) is 6.08 Å². The molecule has 1 aromatic carbocycles. The molecule has 0 atom stereocenters. The summed E-state index contributed by atoms with van der Waals surface area (Å²) >= 11 is 6.11. The summed E-state index contributed by atoms with van der Waals surface area (Å²) in [5.41, 5.74) is 0.661. The zero-order chi connectivity index (χ0) is 19.1. The van der Waals surface area contributed by atoms with E-state index in [0.29, 0.717) is 22.2 Å². The smallest absolute Gasteiger partial charge is 0.491 e. The third kappa shape index (κ3) is 5.89. The number of benzene rings is 1. The van der Waals surface area contributed by atoms with E-state index in [2.05, 4.69) is 19.6 Å². The lowest BCUT2D eigenvalue weighted by molar-refractivity contribution is -0.134. The molecular weight excluding hydrogens is 362 g/mol. The average molecular weight is 380 g/mol. The minimum absolute atomic E-state index is 0.000164. The van der Waals surface area contributed by atoms with Crippen molar-refractivity contribution in [2.24, 2.45) is 0 Å². The molecule has 2 rings (SSSR count). The molecule has 1 heterocycles. The van der Waals surface area contributed by atoms with E-state index in [-0.39, 0.29) is 12.7 Å². The molecule has 0 radical (unpaired) electrons. The standard InChI is InChI=1S/C17H18ClN3O5/c1-4-24-17(23)26-15(22)5-6-21-10-19-16(20-21)12-7-13(18)9-14(8-12)25-11(2)3/h5-11H,4H2,1-3H3. The number of esters is 1. The number of hydrogen-bond acceptors (Lipinski definition) is 7. The number of halogens is 1. The summed E-state index contributed by atoms with van der Waals surface area (Å²) < 4.78 is 15.8. The van der Waals surface area contributed by atoms with Gasteiger partial charge in [0.05, 0.1) is 12.7 Å². The number of hydrogen-bond donors (Lipinski definition) is 0. The second-order valence-electron chi connectivity index (χ2n) is 5.31. The lowest BCUT2D eigenvalue weighted by Gasteiger charge is -2.10. The van der Waals surface area contributed by atoms with Gasteiger partial charge in [-0.25, -0.2) is 19.3 Å². The largest absolute Gasteiger partial charge is 0.516 e. The Bertz CT molecular complexity index is 816. The topological polar surface area (TPSA) is 92.5 Å². The Balaban J connectivity index is 2.10. The van der Waals surface area contributed by atoms with Gasteiger partial charge >= 0.3 is 12.1 Å². The van der Waals surface area contributed by atoms with Gasteiger partial charge in [0.25, 0.3) is 0 Å². The van der Waals surface area contributed by atoms with E-state index in [1.54, 1.807) is 25.1 Å². The molecule has 8 nitrogen and oxygen atoms in total. The van der Waals surface area contributed by atoms with E-state index >= 15 is 0 Å². The van der Waals surface area contributed by atoms with E-state index < -0.39 is 12.1 Å². The lowest BCUT2D eigenvalue weighted by Crippen LogP contribution is -2.11. The molecule has 2 aromatic rings. The second-order valence-corrected chi connectivity index (χ2v) is 5.75. The minimum atomic E-state index is -1.06. The highest BCUT2D eigenvalue weighted by atomic mass is 35.5. The van der Waals surface area contributed by atoms with Crippen molar-refractivity contribution >= 4 is 29.9 Å². The van der Waals surface area contributed by atoms with Crippen molar-refractivity contribution in [1.82, 2.24) is 14.8 Å². The SMILES string of the molecule is CCOC(=O)OC(=O)C=Cn1cnc(-c2cc(Cl)cc(OC(C)C)c2)n1. The van der Waals surface area contributed by atoms with Crippen molar-refractivity contribution in [3.63, 3.8) is 0 Å². The molecule has 0 N–H and O–H groups in total. The summed E-state index contributed by atoms with van der Waals surface area (Å²) in [6.07, 6.45) is 2.67. The van der Waals surface area contributed by atoms with Crippen molar-refractivity contribution in [2.45, 2.75) is 26.9 Å². The van der Waals surface area contributed by atoms with Crippen molar-refractivity contribution in [3.8, 4) is 17.1 Å². The van der Waals surface area contributed by atoms with Gasteiger partial charge in [0.2, 0.25) is 0 Å². The molecule has 0 aliphatic carbocycles. The lowest BCUT2D eigenvalue weighted by atomic mass is 10.2. The number of ether oxygens (including phenoxy) is 3. The maximum atomic E-state index is 11.5. The fourth-order valence-corrected chi connectivity index (χ4v) is 2.14. The zero-order valence-corrected chi connectivity index (χ0v) is 15.3. The fourth-order valence-electron chi connectivity index (χ4n) is 1.91. The van der Waals surface area contributed by atoms with E-state index in [1.807, 2.05) is 13.8 Å². The second kappa shape index (κ2) is 9.00. The Morgan fingerprint density at radius 3 is 2.77 bits per heavy atom. The van der Waals surface area contributed by atoms with Crippen molar-refractivity contribution < 1.29 is 23.8 Å². The molecule has 0 bridgehead atoms. The van der Waals surface area contributed by atoms with Crippen LogP contribution in [0.5, 0.6) is 5.75 Å².